The number of nitrogens with two attached hydrogens (primary N) is 1. The molecule has 104 valence electrons. The lowest BCUT2D eigenvalue weighted by atomic mass is 9.98. The van der Waals surface area contributed by atoms with Gasteiger partial charge in [-0.2, -0.15) is 0 Å². The molecular weight excluding hydrogens is 242 g/mol. The second kappa shape index (κ2) is 4.99. The zero-order chi connectivity index (χ0) is 14.0. The Morgan fingerprint density at radius 2 is 2.16 bits per heavy atom. The van der Waals surface area contributed by atoms with Crippen molar-refractivity contribution in [3.63, 3.8) is 0 Å². The van der Waals surface area contributed by atoms with Crippen molar-refractivity contribution in [1.29, 1.82) is 0 Å². The molecule has 2 rings (SSSR count). The van der Waals surface area contributed by atoms with Crippen molar-refractivity contribution in [1.82, 2.24) is 5.32 Å². The van der Waals surface area contributed by atoms with Crippen LogP contribution >= 0.6 is 0 Å². The van der Waals surface area contributed by atoms with E-state index in [0.29, 0.717) is 18.8 Å². The lowest BCUT2D eigenvalue weighted by Crippen LogP contribution is -2.62. The summed E-state index contributed by atoms with van der Waals surface area (Å²) in [7, 11) is 0. The molecular formula is C14H21N3O2. The minimum absolute atomic E-state index is 0.0270. The fraction of sp³-hybridized carbons (Fsp3) is 0.500. The first-order chi connectivity index (χ1) is 8.95. The van der Waals surface area contributed by atoms with Crippen molar-refractivity contribution >= 4 is 17.3 Å². The summed E-state index contributed by atoms with van der Waals surface area (Å²) >= 11 is 0. The molecule has 0 atom stereocenters. The predicted molar refractivity (Wildman–Crippen MR) is 76.5 cm³/mol. The number of nitrogens with zero attached hydrogens (tertiary/aromatic N) is 1. The molecule has 1 aliphatic heterocycles. The minimum atomic E-state index is -0.588. The van der Waals surface area contributed by atoms with Crippen LogP contribution < -0.4 is 20.7 Å². The maximum absolute atomic E-state index is 12.0. The maximum atomic E-state index is 12.0. The van der Waals surface area contributed by atoms with Crippen LogP contribution in [0.3, 0.4) is 0 Å². The van der Waals surface area contributed by atoms with E-state index >= 15 is 0 Å². The summed E-state index contributed by atoms with van der Waals surface area (Å²) < 4.78 is 5.51. The maximum Gasteiger partial charge on any atom is 0.245 e. The number of ether oxygens (including phenoxy) is 1. The number of piperazine rings is 1. The average Bonchev–Trinajstić information content (AvgIpc) is 2.32. The fourth-order valence-corrected chi connectivity index (χ4v) is 2.36. The van der Waals surface area contributed by atoms with Gasteiger partial charge in [0.15, 0.2) is 0 Å². The monoisotopic (exact) mass is 263 g/mol. The molecule has 5 nitrogen and oxygen atoms in total. The molecule has 1 aromatic rings. The first kappa shape index (κ1) is 13.5. The molecule has 1 aliphatic rings. The lowest BCUT2D eigenvalue weighted by molar-refractivity contribution is -0.126. The largest absolute Gasteiger partial charge is 0.494 e. The Morgan fingerprint density at radius 3 is 2.84 bits per heavy atom. The third kappa shape index (κ3) is 2.59. The van der Waals surface area contributed by atoms with E-state index in [9.17, 15) is 4.79 Å². The molecule has 1 saturated heterocycles. The zero-order valence-corrected chi connectivity index (χ0v) is 11.7. The molecule has 0 radical (unpaired) electrons. The number of benzene rings is 1. The van der Waals surface area contributed by atoms with Gasteiger partial charge in [-0.3, -0.25) is 4.79 Å². The van der Waals surface area contributed by atoms with Crippen LogP contribution in [0, 0.1) is 0 Å². The van der Waals surface area contributed by atoms with Crippen LogP contribution in [0.25, 0.3) is 0 Å². The number of carbonyl (C=O) groups is 1. The topological polar surface area (TPSA) is 67.6 Å². The summed E-state index contributed by atoms with van der Waals surface area (Å²) in [6, 6.07) is 5.60. The van der Waals surface area contributed by atoms with Crippen molar-refractivity contribution in [2.24, 2.45) is 0 Å². The first-order valence-electron chi connectivity index (χ1n) is 6.54. The molecule has 0 saturated carbocycles. The standard InChI is InChI=1S/C14H21N3O2/c1-4-19-12-8-10(15)7-11(9-12)17-6-5-16-13(18)14(17,2)3/h7-9H,4-6,15H2,1-3H3,(H,16,18). The van der Waals surface area contributed by atoms with E-state index in [1.165, 1.54) is 0 Å². The number of nitrogen functional groups attached to an aromatic ring is 1. The van der Waals surface area contributed by atoms with Crippen molar-refractivity contribution in [3.05, 3.63) is 18.2 Å². The van der Waals surface area contributed by atoms with Crippen molar-refractivity contribution in [2.45, 2.75) is 26.3 Å². The average molecular weight is 263 g/mol. The second-order valence-corrected chi connectivity index (χ2v) is 5.16. The number of hydrogen-bond acceptors (Lipinski definition) is 4. The zero-order valence-electron chi connectivity index (χ0n) is 11.7. The van der Waals surface area contributed by atoms with Crippen LogP contribution in [0.1, 0.15) is 20.8 Å². The molecule has 0 unspecified atom stereocenters. The van der Waals surface area contributed by atoms with Gasteiger partial charge in [-0.1, -0.05) is 0 Å². The number of nitrogens with one attached hydrogen (secondary N) is 1. The Balaban J connectivity index is 2.37. The first-order valence-corrected chi connectivity index (χ1v) is 6.54. The summed E-state index contributed by atoms with van der Waals surface area (Å²) in [6.45, 7) is 7.73. The van der Waals surface area contributed by atoms with E-state index in [2.05, 4.69) is 10.2 Å². The Bertz CT molecular complexity index is 486. The van der Waals surface area contributed by atoms with E-state index in [-0.39, 0.29) is 5.91 Å². The van der Waals surface area contributed by atoms with Crippen LogP contribution in [-0.2, 0) is 4.79 Å². The SMILES string of the molecule is CCOc1cc(N)cc(N2CCNC(=O)C2(C)C)c1. The fourth-order valence-electron chi connectivity index (χ4n) is 2.36. The highest BCUT2D eigenvalue weighted by Gasteiger charge is 2.37. The van der Waals surface area contributed by atoms with Gasteiger partial charge in [0.2, 0.25) is 5.91 Å². The molecule has 5 heteroatoms. The van der Waals surface area contributed by atoms with Crippen LogP contribution in [0.5, 0.6) is 5.75 Å². The summed E-state index contributed by atoms with van der Waals surface area (Å²) in [5.41, 5.74) is 6.89. The summed E-state index contributed by atoms with van der Waals surface area (Å²) in [4.78, 5) is 14.0. The molecule has 19 heavy (non-hydrogen) atoms. The highest BCUT2D eigenvalue weighted by molar-refractivity contribution is 5.90. The number of amides is 1. The van der Waals surface area contributed by atoms with Gasteiger partial charge in [-0.15, -0.1) is 0 Å². The molecule has 0 aromatic heterocycles. The van der Waals surface area contributed by atoms with Gasteiger partial charge in [0.1, 0.15) is 11.3 Å². The number of rotatable bonds is 3. The van der Waals surface area contributed by atoms with Gasteiger partial charge >= 0.3 is 0 Å². The lowest BCUT2D eigenvalue weighted by Gasteiger charge is -2.43. The third-order valence-corrected chi connectivity index (χ3v) is 3.39. The van der Waals surface area contributed by atoms with Crippen LogP contribution in [-0.4, -0.2) is 31.1 Å². The summed E-state index contributed by atoms with van der Waals surface area (Å²) in [5, 5.41) is 2.88. The van der Waals surface area contributed by atoms with Crippen LogP contribution in [0.15, 0.2) is 18.2 Å². The van der Waals surface area contributed by atoms with Crippen LogP contribution in [0.4, 0.5) is 11.4 Å². The van der Waals surface area contributed by atoms with Gasteiger partial charge in [0.25, 0.3) is 0 Å². The highest BCUT2D eigenvalue weighted by Crippen LogP contribution is 2.31. The molecule has 0 aliphatic carbocycles. The smallest absolute Gasteiger partial charge is 0.245 e. The number of carbonyl (C=O) groups excluding carboxylic acids is 1. The van der Waals surface area contributed by atoms with Gasteiger partial charge < -0.3 is 20.7 Å². The Hall–Kier alpha value is -1.91. The van der Waals surface area contributed by atoms with E-state index < -0.39 is 5.54 Å². The van der Waals surface area contributed by atoms with E-state index in [1.807, 2.05) is 32.9 Å². The van der Waals surface area contributed by atoms with Crippen molar-refractivity contribution in [2.75, 3.05) is 30.3 Å². The molecule has 3 N–H and O–H groups in total. The molecule has 0 spiro atoms. The predicted octanol–water partition coefficient (Wildman–Crippen LogP) is 1.38. The minimum Gasteiger partial charge on any atom is -0.494 e. The Labute approximate surface area is 113 Å². The molecule has 1 fully saturated rings. The Morgan fingerprint density at radius 1 is 1.42 bits per heavy atom. The highest BCUT2D eigenvalue weighted by atomic mass is 16.5. The molecule has 1 amide bonds. The van der Waals surface area contributed by atoms with Gasteiger partial charge in [-0.05, 0) is 26.8 Å². The summed E-state index contributed by atoms with van der Waals surface area (Å²) in [6.07, 6.45) is 0. The molecule has 1 heterocycles. The third-order valence-electron chi connectivity index (χ3n) is 3.39. The van der Waals surface area contributed by atoms with E-state index in [1.54, 1.807) is 6.07 Å². The van der Waals surface area contributed by atoms with Gasteiger partial charge in [-0.25, -0.2) is 0 Å². The second-order valence-electron chi connectivity index (χ2n) is 5.16. The van der Waals surface area contributed by atoms with Crippen molar-refractivity contribution in [3.8, 4) is 5.75 Å². The van der Waals surface area contributed by atoms with Crippen LogP contribution in [0.2, 0.25) is 0 Å². The number of hydrogen-bond donors (Lipinski definition) is 2. The van der Waals surface area contributed by atoms with E-state index in [4.69, 9.17) is 10.5 Å². The van der Waals surface area contributed by atoms with Gasteiger partial charge in [0.05, 0.1) is 6.61 Å². The quantitative estimate of drug-likeness (QED) is 0.809. The normalized spacial score (nSPS) is 18.1. The van der Waals surface area contributed by atoms with Gasteiger partial charge in [0, 0.05) is 36.6 Å². The Kier molecular flexibility index (Phi) is 3.55. The number of anilines is 2. The summed E-state index contributed by atoms with van der Waals surface area (Å²) in [5.74, 6) is 0.762. The molecule has 1 aromatic carbocycles. The van der Waals surface area contributed by atoms with E-state index in [0.717, 1.165) is 18.0 Å². The molecule has 0 bridgehead atoms. The van der Waals surface area contributed by atoms with Crippen molar-refractivity contribution < 1.29 is 9.53 Å².